The second-order valence-electron chi connectivity index (χ2n) is 11.6. The van der Waals surface area contributed by atoms with Crippen molar-refractivity contribution in [3.05, 3.63) is 94.1 Å². The van der Waals surface area contributed by atoms with Crippen molar-refractivity contribution < 1.29 is 4.74 Å². The summed E-state index contributed by atoms with van der Waals surface area (Å²) in [7, 11) is 0. The van der Waals surface area contributed by atoms with Crippen molar-refractivity contribution in [1.82, 2.24) is 9.55 Å². The molecule has 2 heterocycles. The quantitative estimate of drug-likeness (QED) is 0.161. The van der Waals surface area contributed by atoms with Gasteiger partial charge in [0.2, 0.25) is 0 Å². The Morgan fingerprint density at radius 3 is 2.38 bits per heavy atom. The van der Waals surface area contributed by atoms with E-state index < -0.39 is 0 Å². The highest BCUT2D eigenvalue weighted by Crippen LogP contribution is 2.39. The van der Waals surface area contributed by atoms with Crippen molar-refractivity contribution >= 4 is 37.7 Å². The number of benzene rings is 3. The average Bonchev–Trinajstić information content (AvgIpc) is 3.21. The predicted molar refractivity (Wildman–Crippen MR) is 169 cm³/mol. The maximum Gasteiger partial charge on any atom is 0.137 e. The third-order valence-corrected chi connectivity index (χ3v) is 7.96. The summed E-state index contributed by atoms with van der Waals surface area (Å²) in [5, 5.41) is 2.55. The minimum atomic E-state index is 0.0339. The zero-order valence-electron chi connectivity index (χ0n) is 23.9. The lowest BCUT2D eigenvalue weighted by molar-refractivity contribution is 0.476. The van der Waals surface area contributed by atoms with Crippen LogP contribution in [0.4, 0.5) is 0 Å². The van der Waals surface area contributed by atoms with Crippen LogP contribution in [0.2, 0.25) is 0 Å². The number of nitrogens with zero attached hydrogens (tertiary/aromatic N) is 2. The predicted octanol–water partition coefficient (Wildman–Crippen LogP) is 10.7. The average molecular weight is 584 g/mol. The first kappa shape index (κ1) is 27.5. The molecule has 0 spiro atoms. The Morgan fingerprint density at radius 1 is 0.821 bits per heavy atom. The van der Waals surface area contributed by atoms with Gasteiger partial charge in [-0.05, 0) is 89.9 Å². The molecule has 5 rings (SSSR count). The molecule has 3 nitrogen and oxygen atoms in total. The maximum atomic E-state index is 6.54. The molecule has 0 aliphatic carbocycles. The Balaban J connectivity index is 1.76. The molecule has 0 bridgehead atoms. The van der Waals surface area contributed by atoms with Crippen LogP contribution in [-0.2, 0) is 18.3 Å². The SMILES string of the molecule is CCCCCc1ccc2c(c1)c1cc(CCC)c(Oc3cccc(Br)c3)cc1n2-c1cc(C(C)(C)C)ccn1. The lowest BCUT2D eigenvalue weighted by Crippen LogP contribution is -2.12. The highest BCUT2D eigenvalue weighted by atomic mass is 79.9. The number of aryl methyl sites for hydroxylation is 2. The number of hydrogen-bond donors (Lipinski definition) is 0. The highest BCUT2D eigenvalue weighted by Gasteiger charge is 2.20. The van der Waals surface area contributed by atoms with Crippen molar-refractivity contribution in [1.29, 1.82) is 0 Å². The molecule has 0 saturated heterocycles. The van der Waals surface area contributed by atoms with Crippen molar-refractivity contribution in [2.24, 2.45) is 0 Å². The van der Waals surface area contributed by atoms with Crippen LogP contribution >= 0.6 is 15.9 Å². The van der Waals surface area contributed by atoms with Gasteiger partial charge in [0, 0.05) is 27.5 Å². The lowest BCUT2D eigenvalue weighted by Gasteiger charge is -2.20. The summed E-state index contributed by atoms with van der Waals surface area (Å²) in [5.41, 5.74) is 6.25. The molecular formula is C35H39BrN2O. The number of fused-ring (bicyclic) bond motifs is 3. The van der Waals surface area contributed by atoms with Crippen LogP contribution in [0.25, 0.3) is 27.6 Å². The van der Waals surface area contributed by atoms with Gasteiger partial charge in [-0.15, -0.1) is 0 Å². The van der Waals surface area contributed by atoms with Gasteiger partial charge in [-0.1, -0.05) is 81.9 Å². The molecule has 0 amide bonds. The second kappa shape index (κ2) is 11.6. The Kier molecular flexibility index (Phi) is 8.13. The molecule has 0 atom stereocenters. The molecule has 0 fully saturated rings. The molecule has 0 aliphatic rings. The Hall–Kier alpha value is -3.11. The maximum absolute atomic E-state index is 6.54. The van der Waals surface area contributed by atoms with Crippen molar-refractivity contribution in [2.75, 3.05) is 0 Å². The van der Waals surface area contributed by atoms with E-state index in [2.05, 4.69) is 97.6 Å². The van der Waals surface area contributed by atoms with E-state index in [-0.39, 0.29) is 5.41 Å². The summed E-state index contributed by atoms with van der Waals surface area (Å²) in [6.07, 6.45) is 8.79. The Labute approximate surface area is 241 Å². The number of pyridine rings is 1. The number of rotatable bonds is 9. The van der Waals surface area contributed by atoms with Gasteiger partial charge >= 0.3 is 0 Å². The first-order valence-corrected chi connectivity index (χ1v) is 15.1. The molecule has 3 aromatic carbocycles. The topological polar surface area (TPSA) is 27.1 Å². The summed E-state index contributed by atoms with van der Waals surface area (Å²) >= 11 is 3.59. The van der Waals surface area contributed by atoms with Gasteiger partial charge in [0.25, 0.3) is 0 Å². The highest BCUT2D eigenvalue weighted by molar-refractivity contribution is 9.10. The first-order chi connectivity index (χ1) is 18.8. The second-order valence-corrected chi connectivity index (χ2v) is 12.5. The van der Waals surface area contributed by atoms with Crippen molar-refractivity contribution in [3.63, 3.8) is 0 Å². The zero-order chi connectivity index (χ0) is 27.6. The molecule has 202 valence electrons. The smallest absolute Gasteiger partial charge is 0.137 e. The van der Waals surface area contributed by atoms with Crippen LogP contribution in [0, 0.1) is 0 Å². The molecule has 5 aromatic rings. The minimum Gasteiger partial charge on any atom is -0.457 e. The summed E-state index contributed by atoms with van der Waals surface area (Å²) in [6.45, 7) is 11.2. The molecule has 0 N–H and O–H groups in total. The van der Waals surface area contributed by atoms with Gasteiger partial charge in [0.05, 0.1) is 11.0 Å². The fourth-order valence-electron chi connectivity index (χ4n) is 5.34. The normalized spacial score (nSPS) is 11.9. The number of aromatic nitrogens is 2. The fourth-order valence-corrected chi connectivity index (χ4v) is 5.72. The van der Waals surface area contributed by atoms with E-state index in [1.165, 1.54) is 52.2 Å². The molecule has 2 aromatic heterocycles. The monoisotopic (exact) mass is 582 g/mol. The third-order valence-electron chi connectivity index (χ3n) is 7.46. The van der Waals surface area contributed by atoms with Gasteiger partial charge < -0.3 is 4.74 Å². The van der Waals surface area contributed by atoms with Crippen LogP contribution in [-0.4, -0.2) is 9.55 Å². The number of halogens is 1. The van der Waals surface area contributed by atoms with Crippen molar-refractivity contribution in [3.8, 4) is 17.3 Å². The van der Waals surface area contributed by atoms with Gasteiger partial charge in [0.15, 0.2) is 0 Å². The van der Waals surface area contributed by atoms with Gasteiger partial charge in [-0.2, -0.15) is 0 Å². The molecule has 0 radical (unpaired) electrons. The Bertz CT molecular complexity index is 1610. The molecule has 4 heteroatoms. The summed E-state index contributed by atoms with van der Waals surface area (Å²) in [6, 6.07) is 24.0. The Morgan fingerprint density at radius 2 is 1.64 bits per heavy atom. The number of unbranched alkanes of at least 4 members (excludes halogenated alkanes) is 2. The molecule has 0 aliphatic heterocycles. The lowest BCUT2D eigenvalue weighted by atomic mass is 9.88. The third kappa shape index (κ3) is 5.91. The minimum absolute atomic E-state index is 0.0339. The van der Waals surface area contributed by atoms with E-state index in [4.69, 9.17) is 9.72 Å². The number of hydrogen-bond acceptors (Lipinski definition) is 2. The zero-order valence-corrected chi connectivity index (χ0v) is 25.4. The van der Waals surface area contributed by atoms with Gasteiger partial charge in [0.1, 0.15) is 17.3 Å². The summed E-state index contributed by atoms with van der Waals surface area (Å²) in [4.78, 5) is 4.88. The van der Waals surface area contributed by atoms with Gasteiger partial charge in [-0.3, -0.25) is 4.57 Å². The van der Waals surface area contributed by atoms with Crippen molar-refractivity contribution in [2.45, 2.75) is 78.6 Å². The first-order valence-electron chi connectivity index (χ1n) is 14.3. The van der Waals surface area contributed by atoms with Gasteiger partial charge in [-0.25, -0.2) is 4.98 Å². The fraction of sp³-hybridized carbons (Fsp3) is 0.343. The van der Waals surface area contributed by atoms with E-state index in [0.717, 1.165) is 46.6 Å². The molecular weight excluding hydrogens is 544 g/mol. The molecule has 0 unspecified atom stereocenters. The summed E-state index contributed by atoms with van der Waals surface area (Å²) in [5.74, 6) is 2.68. The summed E-state index contributed by atoms with van der Waals surface area (Å²) < 4.78 is 9.87. The van der Waals surface area contributed by atoms with E-state index >= 15 is 0 Å². The van der Waals surface area contributed by atoms with E-state index in [0.29, 0.717) is 0 Å². The van der Waals surface area contributed by atoms with E-state index in [1.807, 2.05) is 30.5 Å². The molecule has 39 heavy (non-hydrogen) atoms. The van der Waals surface area contributed by atoms with Crippen LogP contribution in [0.15, 0.2) is 77.4 Å². The van der Waals surface area contributed by atoms with E-state index in [1.54, 1.807) is 0 Å². The standard InChI is InChI=1S/C35H39BrN2O/c1-6-8-9-12-24-15-16-31-29(19-24)30-20-25(11-7-2)33(39-28-14-10-13-27(36)22-28)23-32(30)38(31)34-21-26(17-18-37-34)35(3,4)5/h10,13-23H,6-9,11-12H2,1-5H3. The van der Waals surface area contributed by atoms with Crippen LogP contribution in [0.5, 0.6) is 11.5 Å². The number of ether oxygens (including phenoxy) is 1. The largest absolute Gasteiger partial charge is 0.457 e. The van der Waals surface area contributed by atoms with Crippen LogP contribution in [0.3, 0.4) is 0 Å². The van der Waals surface area contributed by atoms with Crippen LogP contribution < -0.4 is 4.74 Å². The molecule has 0 saturated carbocycles. The van der Waals surface area contributed by atoms with E-state index in [9.17, 15) is 0 Å². The van der Waals surface area contributed by atoms with Crippen LogP contribution in [0.1, 0.15) is 77.0 Å².